The molecule has 0 aromatic rings. The summed E-state index contributed by atoms with van der Waals surface area (Å²) >= 11 is 0. The zero-order valence-electron chi connectivity index (χ0n) is 35.5. The lowest BCUT2D eigenvalue weighted by Crippen LogP contribution is -2.60. The number of carboxylic acids is 1. The molecule has 6 amide bonds. The number of nitrogens with two attached hydrogens (primary N) is 3. The third-order valence-electron chi connectivity index (χ3n) is 10.4. The lowest BCUT2D eigenvalue weighted by atomic mass is 9.96. The maximum absolute atomic E-state index is 14.1. The molecule has 1 fully saturated rings. The minimum atomic E-state index is -1.27. The second-order valence-electron chi connectivity index (χ2n) is 15.1. The lowest BCUT2D eigenvalue weighted by molar-refractivity contribution is -0.144. The van der Waals surface area contributed by atoms with Crippen molar-refractivity contribution in [3.63, 3.8) is 0 Å². The number of carbonyl (C=O) groups excluding carboxylic acids is 6. The van der Waals surface area contributed by atoms with Gasteiger partial charge in [-0.15, -0.1) is 0 Å². The van der Waals surface area contributed by atoms with Crippen LogP contribution < -0.4 is 59.7 Å². The van der Waals surface area contributed by atoms with Crippen molar-refractivity contribution in [2.45, 2.75) is 135 Å². The summed E-state index contributed by atoms with van der Waals surface area (Å²) in [4.78, 5) is 94.7. The molecule has 0 aromatic carbocycles. The lowest BCUT2D eigenvalue weighted by Gasteiger charge is -2.30. The van der Waals surface area contributed by atoms with Gasteiger partial charge in [-0.1, -0.05) is 40.5 Å². The molecule has 18 N–H and O–H groups in total. The predicted octanol–water partition coefficient (Wildman–Crippen LogP) is -2.61. The standard InChI is InChI=1S/C37H69N15O8/c1-6-20(3)27(33(58)49-25(14-10-18-46-37(42)43)31(56)51-28(34(59)60)21(4)7-2)50-30(55)24(13-9-17-45-36(40)41)47-29(54)23(12-8-16-44-35(38)39)48-32(57)26-15-11-19-52(26)22(5)53/h20-21,23-28H,6-19H2,1-5H3,(H,47,54)(H,48,57)(H,49,58)(H,50,55)(H,51,56)(H,59,60)(H4,38,39,44)(H4,40,41,45)(H4,42,43,46)/t20-,21-,23-,24-,25-,26-,27-,28-/m0/s1. The predicted molar refractivity (Wildman–Crippen MR) is 224 cm³/mol. The summed E-state index contributed by atoms with van der Waals surface area (Å²) in [5, 5.41) is 53.4. The number of rotatable bonds is 27. The monoisotopic (exact) mass is 852 g/mol. The Morgan fingerprint density at radius 3 is 1.42 bits per heavy atom. The quantitative estimate of drug-likeness (QED) is 0.0229. The highest BCUT2D eigenvalue weighted by molar-refractivity contribution is 5.97. The van der Waals surface area contributed by atoms with Crippen molar-refractivity contribution in [3.05, 3.63) is 0 Å². The van der Waals surface area contributed by atoms with Crippen molar-refractivity contribution in [3.8, 4) is 0 Å². The fourth-order valence-corrected chi connectivity index (χ4v) is 6.50. The first-order valence-electron chi connectivity index (χ1n) is 20.5. The number of likely N-dealkylation sites (tertiary alicyclic amines) is 1. The summed E-state index contributed by atoms with van der Waals surface area (Å²) in [5.41, 5.74) is 16.2. The van der Waals surface area contributed by atoms with E-state index in [0.717, 1.165) is 0 Å². The van der Waals surface area contributed by atoms with E-state index in [1.54, 1.807) is 27.7 Å². The van der Waals surface area contributed by atoms with E-state index in [0.29, 0.717) is 32.2 Å². The van der Waals surface area contributed by atoms with Crippen molar-refractivity contribution < 1.29 is 38.7 Å². The van der Waals surface area contributed by atoms with Gasteiger partial charge in [0.05, 0.1) is 0 Å². The van der Waals surface area contributed by atoms with Crippen LogP contribution in [0.2, 0.25) is 0 Å². The summed E-state index contributed by atoms with van der Waals surface area (Å²) < 4.78 is 0. The highest BCUT2D eigenvalue weighted by Gasteiger charge is 2.37. The van der Waals surface area contributed by atoms with Gasteiger partial charge in [0.15, 0.2) is 17.9 Å². The zero-order chi connectivity index (χ0) is 45.5. The normalized spacial score (nSPS) is 16.9. The van der Waals surface area contributed by atoms with Crippen molar-refractivity contribution in [2.24, 2.45) is 29.0 Å². The van der Waals surface area contributed by atoms with Gasteiger partial charge in [-0.25, -0.2) is 4.79 Å². The first kappa shape index (κ1) is 52.1. The van der Waals surface area contributed by atoms with E-state index >= 15 is 0 Å². The van der Waals surface area contributed by atoms with Gasteiger partial charge in [-0.05, 0) is 63.2 Å². The largest absolute Gasteiger partial charge is 0.480 e. The van der Waals surface area contributed by atoms with Crippen molar-refractivity contribution in [1.82, 2.24) is 47.4 Å². The van der Waals surface area contributed by atoms with Gasteiger partial charge in [0.25, 0.3) is 0 Å². The van der Waals surface area contributed by atoms with Crippen LogP contribution in [0.4, 0.5) is 0 Å². The Morgan fingerprint density at radius 1 is 0.633 bits per heavy atom. The summed E-state index contributed by atoms with van der Waals surface area (Å²) in [5.74, 6) is -6.90. The number of guanidine groups is 3. The SMILES string of the molecule is CC[C@H](C)[C@H](NC(=O)[C@H](CCCNC(=N)N)NC(=O)[C@@H](NC(=O)[C@H](CCCNC(=N)N)NC(=O)[C@H](CCCNC(=N)N)NC(=O)[C@@H]1CCCN1C(C)=O)[C@@H](C)CC)C(=O)O. The Morgan fingerprint density at radius 2 is 1.02 bits per heavy atom. The van der Waals surface area contributed by atoms with E-state index in [1.807, 2.05) is 0 Å². The van der Waals surface area contributed by atoms with Gasteiger partial charge in [-0.2, -0.15) is 0 Å². The van der Waals surface area contributed by atoms with Crippen LogP contribution in [0.5, 0.6) is 0 Å². The van der Waals surface area contributed by atoms with Crippen molar-refractivity contribution in [1.29, 1.82) is 16.2 Å². The molecular weight excluding hydrogens is 783 g/mol. The average Bonchev–Trinajstić information content (AvgIpc) is 3.69. The van der Waals surface area contributed by atoms with Gasteiger partial charge in [0.1, 0.15) is 36.3 Å². The van der Waals surface area contributed by atoms with E-state index < -0.39 is 83.6 Å². The van der Waals surface area contributed by atoms with Crippen LogP contribution >= 0.6 is 0 Å². The Kier molecular flexibility index (Phi) is 23.4. The Labute approximate surface area is 351 Å². The molecule has 0 saturated carbocycles. The Bertz CT molecular complexity index is 1510. The third kappa shape index (κ3) is 18.8. The molecule has 23 heteroatoms. The van der Waals surface area contributed by atoms with Gasteiger partial charge in [0, 0.05) is 33.1 Å². The number of aliphatic carboxylic acids is 1. The summed E-state index contributed by atoms with van der Waals surface area (Å²) in [6.07, 6.45) is 2.68. The number of amides is 6. The van der Waals surface area contributed by atoms with Crippen molar-refractivity contribution >= 4 is 59.3 Å². The molecule has 60 heavy (non-hydrogen) atoms. The molecular formula is C37H69N15O8. The number of nitrogens with one attached hydrogen (secondary N) is 11. The molecule has 8 atom stereocenters. The molecule has 0 unspecified atom stereocenters. The minimum absolute atomic E-state index is 0.000363. The first-order chi connectivity index (χ1) is 28.2. The number of nitrogens with zero attached hydrogens (tertiary/aromatic N) is 1. The number of hydrogen-bond acceptors (Lipinski definition) is 10. The smallest absolute Gasteiger partial charge is 0.326 e. The number of hydrogen-bond donors (Lipinski definition) is 15. The fourth-order valence-electron chi connectivity index (χ4n) is 6.50. The van der Waals surface area contributed by atoms with E-state index in [9.17, 15) is 38.7 Å². The van der Waals surface area contributed by atoms with E-state index in [2.05, 4.69) is 42.5 Å². The summed E-state index contributed by atoms with van der Waals surface area (Å²) in [6.45, 7) is 9.22. The average molecular weight is 852 g/mol. The van der Waals surface area contributed by atoms with Crippen LogP contribution in [-0.4, -0.2) is 132 Å². The van der Waals surface area contributed by atoms with Gasteiger partial charge in [-0.3, -0.25) is 45.0 Å². The minimum Gasteiger partial charge on any atom is -0.480 e. The number of carbonyl (C=O) groups is 7. The Balaban J connectivity index is 3.43. The Hall–Kier alpha value is -5.90. The van der Waals surface area contributed by atoms with Gasteiger partial charge >= 0.3 is 5.97 Å². The van der Waals surface area contributed by atoms with Crippen LogP contribution in [0.3, 0.4) is 0 Å². The number of carboxylic acid groups (broad SMARTS) is 1. The van der Waals surface area contributed by atoms with E-state index in [-0.39, 0.29) is 81.9 Å². The van der Waals surface area contributed by atoms with Crippen LogP contribution in [-0.2, 0) is 33.6 Å². The van der Waals surface area contributed by atoms with Crippen molar-refractivity contribution in [2.75, 3.05) is 26.2 Å². The third-order valence-corrected chi connectivity index (χ3v) is 10.4. The molecule has 0 bridgehead atoms. The maximum Gasteiger partial charge on any atom is 0.326 e. The fraction of sp³-hybridized carbons (Fsp3) is 0.730. The van der Waals surface area contributed by atoms with E-state index in [4.69, 9.17) is 33.4 Å². The maximum atomic E-state index is 14.1. The molecule has 340 valence electrons. The van der Waals surface area contributed by atoms with Crippen LogP contribution in [0.1, 0.15) is 98.8 Å². The van der Waals surface area contributed by atoms with Gasteiger partial charge < -0.3 is 69.7 Å². The van der Waals surface area contributed by atoms with Crippen LogP contribution in [0.25, 0.3) is 0 Å². The van der Waals surface area contributed by atoms with Gasteiger partial charge in [0.2, 0.25) is 35.4 Å². The second kappa shape index (κ2) is 27.0. The second-order valence-corrected chi connectivity index (χ2v) is 15.1. The zero-order valence-corrected chi connectivity index (χ0v) is 35.5. The molecule has 0 aromatic heterocycles. The van der Waals surface area contributed by atoms with Crippen LogP contribution in [0, 0.1) is 28.1 Å². The first-order valence-corrected chi connectivity index (χ1v) is 20.5. The molecule has 0 spiro atoms. The van der Waals surface area contributed by atoms with Crippen LogP contribution in [0.15, 0.2) is 0 Å². The molecule has 1 rings (SSSR count). The molecule has 0 radical (unpaired) electrons. The molecule has 1 heterocycles. The molecule has 1 saturated heterocycles. The molecule has 1 aliphatic heterocycles. The summed E-state index contributed by atoms with van der Waals surface area (Å²) in [6, 6.07) is -6.96. The highest BCUT2D eigenvalue weighted by Crippen LogP contribution is 2.18. The topological polar surface area (TPSA) is 389 Å². The molecule has 0 aliphatic carbocycles. The highest BCUT2D eigenvalue weighted by atomic mass is 16.4. The molecule has 1 aliphatic rings. The summed E-state index contributed by atoms with van der Waals surface area (Å²) in [7, 11) is 0. The molecule has 23 nitrogen and oxygen atoms in total. The van der Waals surface area contributed by atoms with E-state index in [1.165, 1.54) is 11.8 Å².